The van der Waals surface area contributed by atoms with Crippen molar-refractivity contribution in [3.05, 3.63) is 76.5 Å². The smallest absolute Gasteiger partial charge is 0.338 e. The molecule has 0 fully saturated rings. The molecule has 0 aliphatic carbocycles. The third-order valence-corrected chi connectivity index (χ3v) is 5.76. The van der Waals surface area contributed by atoms with Gasteiger partial charge in [-0.15, -0.1) is 0 Å². The fourth-order valence-corrected chi connectivity index (χ4v) is 3.98. The fraction of sp³-hybridized carbons (Fsp3) is 0.370. The Balaban J connectivity index is 1.95. The summed E-state index contributed by atoms with van der Waals surface area (Å²) in [6.07, 6.45) is 1.45. The molecule has 7 nitrogen and oxygen atoms in total. The lowest BCUT2D eigenvalue weighted by molar-refractivity contribution is -0.143. The minimum Gasteiger partial charge on any atom is -0.459 e. The lowest BCUT2D eigenvalue weighted by Crippen LogP contribution is -2.48. The SMILES string of the molecule is CCCCN1C(=O)NC(c2cccc(NC(=O)c3ccccc3C)c2)C(C(=O)OC(C)C)=C1C. The van der Waals surface area contributed by atoms with E-state index in [-0.39, 0.29) is 18.0 Å². The number of hydrogen-bond donors (Lipinski definition) is 2. The number of nitrogens with one attached hydrogen (secondary N) is 2. The van der Waals surface area contributed by atoms with Crippen LogP contribution >= 0.6 is 0 Å². The summed E-state index contributed by atoms with van der Waals surface area (Å²) in [5.41, 5.74) is 3.69. The summed E-state index contributed by atoms with van der Waals surface area (Å²) in [5, 5.41) is 5.88. The highest BCUT2D eigenvalue weighted by Crippen LogP contribution is 2.33. The third-order valence-electron chi connectivity index (χ3n) is 5.76. The number of carbonyl (C=O) groups is 3. The summed E-state index contributed by atoms with van der Waals surface area (Å²) in [6, 6.07) is 13.6. The predicted molar refractivity (Wildman–Crippen MR) is 132 cm³/mol. The van der Waals surface area contributed by atoms with E-state index in [0.717, 1.165) is 18.4 Å². The summed E-state index contributed by atoms with van der Waals surface area (Å²) in [5.74, 6) is -0.687. The number of nitrogens with zero attached hydrogens (tertiary/aromatic N) is 1. The fourth-order valence-electron chi connectivity index (χ4n) is 3.98. The standard InChI is InChI=1S/C27H33N3O4/c1-6-7-15-30-19(5)23(26(32)34-17(2)3)24(29-27(30)33)20-12-10-13-21(16-20)28-25(31)22-14-9-8-11-18(22)4/h8-14,16-17,24H,6-7,15H2,1-5H3,(H,28,31)(H,29,33). The summed E-state index contributed by atoms with van der Waals surface area (Å²) >= 11 is 0. The molecule has 2 N–H and O–H groups in total. The molecule has 2 aromatic rings. The van der Waals surface area contributed by atoms with Crippen molar-refractivity contribution in [2.24, 2.45) is 0 Å². The summed E-state index contributed by atoms with van der Waals surface area (Å²) in [6.45, 7) is 9.82. The van der Waals surface area contributed by atoms with Crippen molar-refractivity contribution in [1.82, 2.24) is 10.2 Å². The summed E-state index contributed by atoms with van der Waals surface area (Å²) in [4.78, 5) is 40.4. The van der Waals surface area contributed by atoms with Crippen LogP contribution in [0.1, 0.15) is 68.1 Å². The average molecular weight is 464 g/mol. The Labute approximate surface area is 201 Å². The van der Waals surface area contributed by atoms with Crippen molar-refractivity contribution >= 4 is 23.6 Å². The third kappa shape index (κ3) is 5.65. The molecular weight excluding hydrogens is 430 g/mol. The molecule has 1 unspecified atom stereocenters. The van der Waals surface area contributed by atoms with Gasteiger partial charge in [0.1, 0.15) is 0 Å². The molecule has 1 aliphatic heterocycles. The van der Waals surface area contributed by atoms with Gasteiger partial charge in [0, 0.05) is 23.5 Å². The molecule has 7 heteroatoms. The molecule has 3 amide bonds. The van der Waals surface area contributed by atoms with Crippen LogP contribution in [0.4, 0.5) is 10.5 Å². The Bertz CT molecular complexity index is 1110. The molecule has 0 radical (unpaired) electrons. The zero-order valence-corrected chi connectivity index (χ0v) is 20.5. The van der Waals surface area contributed by atoms with Crippen LogP contribution in [0, 0.1) is 6.92 Å². The van der Waals surface area contributed by atoms with Gasteiger partial charge < -0.3 is 15.4 Å². The van der Waals surface area contributed by atoms with Gasteiger partial charge in [0.15, 0.2) is 0 Å². The molecule has 2 aromatic carbocycles. The molecule has 0 bridgehead atoms. The molecule has 1 heterocycles. The van der Waals surface area contributed by atoms with Crippen LogP contribution in [0.3, 0.4) is 0 Å². The molecule has 0 spiro atoms. The Hall–Kier alpha value is -3.61. The van der Waals surface area contributed by atoms with Crippen molar-refractivity contribution in [2.75, 3.05) is 11.9 Å². The second-order valence-corrected chi connectivity index (χ2v) is 8.74. The first-order valence-electron chi connectivity index (χ1n) is 11.7. The molecule has 0 aromatic heterocycles. The van der Waals surface area contributed by atoms with Crippen LogP contribution in [0.25, 0.3) is 0 Å². The Morgan fingerprint density at radius 2 is 1.85 bits per heavy atom. The van der Waals surface area contributed by atoms with E-state index in [9.17, 15) is 14.4 Å². The van der Waals surface area contributed by atoms with Crippen LogP contribution < -0.4 is 10.6 Å². The number of esters is 1. The van der Waals surface area contributed by atoms with E-state index in [1.165, 1.54) is 0 Å². The minimum atomic E-state index is -0.688. The summed E-state index contributed by atoms with van der Waals surface area (Å²) in [7, 11) is 0. The van der Waals surface area contributed by atoms with E-state index in [4.69, 9.17) is 4.74 Å². The highest BCUT2D eigenvalue weighted by Gasteiger charge is 2.36. The number of anilines is 1. The van der Waals surface area contributed by atoms with Gasteiger partial charge in [0.2, 0.25) is 0 Å². The Kier molecular flexibility index (Phi) is 8.10. The van der Waals surface area contributed by atoms with E-state index < -0.39 is 12.0 Å². The molecule has 180 valence electrons. The van der Waals surface area contributed by atoms with Crippen molar-refractivity contribution in [1.29, 1.82) is 0 Å². The number of hydrogen-bond acceptors (Lipinski definition) is 4. The van der Waals surface area contributed by atoms with E-state index in [0.29, 0.717) is 34.6 Å². The van der Waals surface area contributed by atoms with Gasteiger partial charge in [-0.2, -0.15) is 0 Å². The molecule has 1 aliphatic rings. The molecule has 34 heavy (non-hydrogen) atoms. The zero-order chi connectivity index (χ0) is 24.8. The van der Waals surface area contributed by atoms with Gasteiger partial charge in [-0.3, -0.25) is 9.69 Å². The average Bonchev–Trinajstić information content (AvgIpc) is 2.78. The quantitative estimate of drug-likeness (QED) is 0.517. The zero-order valence-electron chi connectivity index (χ0n) is 20.5. The number of carbonyl (C=O) groups excluding carboxylic acids is 3. The maximum Gasteiger partial charge on any atom is 0.338 e. The van der Waals surface area contributed by atoms with Crippen molar-refractivity contribution in [3.8, 4) is 0 Å². The van der Waals surface area contributed by atoms with E-state index in [1.807, 2.05) is 38.1 Å². The Morgan fingerprint density at radius 1 is 1.12 bits per heavy atom. The van der Waals surface area contributed by atoms with Crippen LogP contribution in [0.15, 0.2) is 59.8 Å². The largest absolute Gasteiger partial charge is 0.459 e. The maximum atomic E-state index is 13.1. The molecule has 3 rings (SSSR count). The number of urea groups is 1. The topological polar surface area (TPSA) is 87.7 Å². The van der Waals surface area contributed by atoms with Gasteiger partial charge in [0.05, 0.1) is 17.7 Å². The number of rotatable bonds is 8. The number of benzene rings is 2. The summed E-state index contributed by atoms with van der Waals surface area (Å²) < 4.78 is 5.52. The van der Waals surface area contributed by atoms with E-state index >= 15 is 0 Å². The first kappa shape index (κ1) is 25.0. The highest BCUT2D eigenvalue weighted by atomic mass is 16.5. The molecule has 0 saturated heterocycles. The van der Waals surface area contributed by atoms with E-state index in [1.54, 1.807) is 49.9 Å². The van der Waals surface area contributed by atoms with Gasteiger partial charge in [-0.25, -0.2) is 9.59 Å². The highest BCUT2D eigenvalue weighted by molar-refractivity contribution is 6.05. The van der Waals surface area contributed by atoms with Gasteiger partial charge in [-0.05, 0) is 63.4 Å². The number of allylic oxidation sites excluding steroid dienone is 1. The van der Waals surface area contributed by atoms with Crippen LogP contribution in [-0.4, -0.2) is 35.5 Å². The lowest BCUT2D eigenvalue weighted by Gasteiger charge is -2.35. The second kappa shape index (κ2) is 11.0. The van der Waals surface area contributed by atoms with Crippen LogP contribution in [0.5, 0.6) is 0 Å². The number of ether oxygens (including phenoxy) is 1. The molecule has 1 atom stereocenters. The molecular formula is C27H33N3O4. The van der Waals surface area contributed by atoms with Gasteiger partial charge in [-0.1, -0.05) is 43.7 Å². The molecule has 0 saturated carbocycles. The number of unbranched alkanes of at least 4 members (excludes halogenated alkanes) is 1. The van der Waals surface area contributed by atoms with Crippen molar-refractivity contribution in [3.63, 3.8) is 0 Å². The monoisotopic (exact) mass is 463 g/mol. The van der Waals surface area contributed by atoms with Gasteiger partial charge in [0.25, 0.3) is 5.91 Å². The lowest BCUT2D eigenvalue weighted by atomic mass is 9.94. The normalized spacial score (nSPS) is 15.9. The minimum absolute atomic E-state index is 0.222. The van der Waals surface area contributed by atoms with Crippen molar-refractivity contribution in [2.45, 2.75) is 59.6 Å². The first-order chi connectivity index (χ1) is 16.2. The van der Waals surface area contributed by atoms with E-state index in [2.05, 4.69) is 10.6 Å². The number of aryl methyl sites for hydroxylation is 1. The predicted octanol–water partition coefficient (Wildman–Crippen LogP) is 5.34. The first-order valence-corrected chi connectivity index (χ1v) is 11.7. The van der Waals surface area contributed by atoms with Crippen LogP contribution in [-0.2, 0) is 9.53 Å². The van der Waals surface area contributed by atoms with Gasteiger partial charge >= 0.3 is 12.0 Å². The van der Waals surface area contributed by atoms with Crippen LogP contribution in [0.2, 0.25) is 0 Å². The number of amides is 3. The Morgan fingerprint density at radius 3 is 2.53 bits per heavy atom. The maximum absolute atomic E-state index is 13.1. The second-order valence-electron chi connectivity index (χ2n) is 8.74. The van der Waals surface area contributed by atoms with Crippen molar-refractivity contribution < 1.29 is 19.1 Å².